The molecule has 0 atom stereocenters. The van der Waals surface area contributed by atoms with E-state index in [9.17, 15) is 8.42 Å². The van der Waals surface area contributed by atoms with Gasteiger partial charge >= 0.3 is 0 Å². The Morgan fingerprint density at radius 1 is 1.35 bits per heavy atom. The molecule has 0 radical (unpaired) electrons. The Morgan fingerprint density at radius 3 is 2.70 bits per heavy atom. The monoisotopic (exact) mass is 292 g/mol. The second-order valence-electron chi connectivity index (χ2n) is 4.10. The van der Waals surface area contributed by atoms with Crippen LogP contribution in [0.5, 0.6) is 0 Å². The molecule has 0 saturated carbocycles. The third-order valence-corrected chi connectivity index (χ3v) is 4.16. The van der Waals surface area contributed by atoms with Crippen LogP contribution in [0, 0.1) is 23.2 Å². The fraction of sp³-hybridized carbons (Fsp3) is 0.357. The molecule has 20 heavy (non-hydrogen) atoms. The van der Waals surface area contributed by atoms with Crippen LogP contribution < -0.4 is 0 Å². The molecular weight excluding hydrogens is 276 g/mol. The van der Waals surface area contributed by atoms with E-state index in [0.717, 1.165) is 15.4 Å². The average Bonchev–Trinajstić information content (AvgIpc) is 2.41. The first kappa shape index (κ1) is 16.2. The minimum atomic E-state index is -3.57. The normalized spacial score (nSPS) is 10.7. The van der Waals surface area contributed by atoms with Gasteiger partial charge in [-0.2, -0.15) is 9.57 Å². The van der Waals surface area contributed by atoms with Crippen molar-refractivity contribution in [1.82, 2.24) is 4.31 Å². The van der Waals surface area contributed by atoms with Crippen molar-refractivity contribution in [2.24, 2.45) is 0 Å². The van der Waals surface area contributed by atoms with Crippen molar-refractivity contribution in [1.29, 1.82) is 5.26 Å². The maximum Gasteiger partial charge on any atom is 0.227 e. The van der Waals surface area contributed by atoms with Gasteiger partial charge in [0, 0.05) is 25.6 Å². The van der Waals surface area contributed by atoms with E-state index in [1.54, 1.807) is 24.3 Å². The molecule has 5 nitrogen and oxygen atoms in total. The molecule has 6 heteroatoms. The number of nitrogens with zero attached hydrogens (tertiary/aromatic N) is 2. The van der Waals surface area contributed by atoms with Gasteiger partial charge in [0.1, 0.15) is 0 Å². The number of benzene rings is 1. The van der Waals surface area contributed by atoms with Crippen LogP contribution in [0.4, 0.5) is 0 Å². The van der Waals surface area contributed by atoms with E-state index in [0.29, 0.717) is 6.42 Å². The van der Waals surface area contributed by atoms with E-state index in [-0.39, 0.29) is 13.2 Å². The molecule has 0 aliphatic carbocycles. The number of hydrogen-bond acceptors (Lipinski definition) is 4. The lowest BCUT2D eigenvalue weighted by atomic mass is 10.1. The van der Waals surface area contributed by atoms with Crippen molar-refractivity contribution in [3.8, 4) is 17.9 Å². The first-order valence-electron chi connectivity index (χ1n) is 6.00. The van der Waals surface area contributed by atoms with Gasteiger partial charge in [0.2, 0.25) is 10.0 Å². The van der Waals surface area contributed by atoms with Crippen LogP contribution in [0.3, 0.4) is 0 Å². The number of aliphatic hydroxyl groups is 1. The third kappa shape index (κ3) is 4.67. The zero-order chi connectivity index (χ0) is 15.0. The van der Waals surface area contributed by atoms with Crippen LogP contribution in [-0.4, -0.2) is 37.2 Å². The molecule has 0 spiro atoms. The van der Waals surface area contributed by atoms with Gasteiger partial charge in [-0.1, -0.05) is 30.0 Å². The Labute approximate surface area is 119 Å². The lowest BCUT2D eigenvalue weighted by Crippen LogP contribution is -2.28. The van der Waals surface area contributed by atoms with Crippen molar-refractivity contribution >= 4 is 10.0 Å². The third-order valence-electron chi connectivity index (χ3n) is 2.59. The summed E-state index contributed by atoms with van der Waals surface area (Å²) in [7, 11) is -2.13. The van der Waals surface area contributed by atoms with Gasteiger partial charge < -0.3 is 5.11 Å². The van der Waals surface area contributed by atoms with Crippen molar-refractivity contribution in [2.45, 2.75) is 13.0 Å². The van der Waals surface area contributed by atoms with E-state index < -0.39 is 15.8 Å². The van der Waals surface area contributed by atoms with E-state index in [2.05, 4.69) is 11.8 Å². The summed E-state index contributed by atoms with van der Waals surface area (Å²) in [5.41, 5.74) is 1.49. The molecule has 1 N–H and O–H groups in total. The van der Waals surface area contributed by atoms with E-state index >= 15 is 0 Å². The number of aliphatic hydroxyl groups excluding tert-OH is 1. The fourth-order valence-corrected chi connectivity index (χ4v) is 2.24. The lowest BCUT2D eigenvalue weighted by molar-refractivity contribution is 0.305. The largest absolute Gasteiger partial charge is 0.395 e. The zero-order valence-corrected chi connectivity index (χ0v) is 12.0. The summed E-state index contributed by atoms with van der Waals surface area (Å²) in [6.07, 6.45) is 0.372. The summed E-state index contributed by atoms with van der Waals surface area (Å²) in [6.45, 7) is 0.152. The Hall–Kier alpha value is -1.86. The molecule has 0 heterocycles. The summed E-state index contributed by atoms with van der Waals surface area (Å²) < 4.78 is 24.6. The van der Waals surface area contributed by atoms with Crippen molar-refractivity contribution in [2.75, 3.05) is 19.4 Å². The van der Waals surface area contributed by atoms with E-state index in [1.165, 1.54) is 7.05 Å². The van der Waals surface area contributed by atoms with Crippen LogP contribution in [0.2, 0.25) is 0 Å². The van der Waals surface area contributed by atoms with Gasteiger partial charge in [-0.25, -0.2) is 8.42 Å². The molecule has 0 aromatic heterocycles. The molecule has 1 rings (SSSR count). The summed E-state index contributed by atoms with van der Waals surface area (Å²) >= 11 is 0. The van der Waals surface area contributed by atoms with Gasteiger partial charge in [0.05, 0.1) is 12.7 Å². The molecule has 1 aromatic rings. The SMILES string of the molecule is CN(Cc1ccccc1C#CCCO)S(=O)(=O)CC#N. The minimum absolute atomic E-state index is 0.00832. The molecule has 0 aliphatic rings. The average molecular weight is 292 g/mol. The summed E-state index contributed by atoms with van der Waals surface area (Å²) in [5.74, 6) is 5.18. The maximum atomic E-state index is 11.7. The number of sulfonamides is 1. The number of rotatable bonds is 5. The first-order chi connectivity index (χ1) is 9.51. The maximum absolute atomic E-state index is 11.7. The summed E-state index contributed by atoms with van der Waals surface area (Å²) in [6, 6.07) is 8.85. The fourth-order valence-electron chi connectivity index (χ4n) is 1.52. The van der Waals surface area contributed by atoms with Crippen molar-refractivity contribution < 1.29 is 13.5 Å². The van der Waals surface area contributed by atoms with Gasteiger partial charge in [0.15, 0.2) is 5.75 Å². The van der Waals surface area contributed by atoms with Gasteiger partial charge in [-0.05, 0) is 11.6 Å². The highest BCUT2D eigenvalue weighted by Crippen LogP contribution is 2.12. The molecule has 106 valence electrons. The van der Waals surface area contributed by atoms with Gasteiger partial charge in [-0.15, -0.1) is 0 Å². The molecule has 0 amide bonds. The van der Waals surface area contributed by atoms with Crippen LogP contribution in [0.15, 0.2) is 24.3 Å². The van der Waals surface area contributed by atoms with Gasteiger partial charge in [-0.3, -0.25) is 0 Å². The zero-order valence-electron chi connectivity index (χ0n) is 11.2. The Bertz CT molecular complexity index is 651. The van der Waals surface area contributed by atoms with Crippen LogP contribution in [-0.2, 0) is 16.6 Å². The van der Waals surface area contributed by atoms with Crippen LogP contribution in [0.1, 0.15) is 17.5 Å². The Kier molecular flexibility index (Phi) is 6.20. The smallest absolute Gasteiger partial charge is 0.227 e. The number of nitriles is 1. The summed E-state index contributed by atoms with van der Waals surface area (Å²) in [4.78, 5) is 0. The van der Waals surface area contributed by atoms with Crippen LogP contribution >= 0.6 is 0 Å². The molecular formula is C14H16N2O3S. The summed E-state index contributed by atoms with van der Waals surface area (Å²) in [5, 5.41) is 17.2. The van der Waals surface area contributed by atoms with Crippen molar-refractivity contribution in [3.63, 3.8) is 0 Å². The van der Waals surface area contributed by atoms with E-state index in [1.807, 2.05) is 6.07 Å². The molecule has 0 bridgehead atoms. The highest BCUT2D eigenvalue weighted by Gasteiger charge is 2.18. The quantitative estimate of drug-likeness (QED) is 0.810. The Morgan fingerprint density at radius 2 is 2.05 bits per heavy atom. The lowest BCUT2D eigenvalue weighted by Gasteiger charge is -2.16. The van der Waals surface area contributed by atoms with Crippen molar-refractivity contribution in [3.05, 3.63) is 35.4 Å². The highest BCUT2D eigenvalue weighted by atomic mass is 32.2. The second kappa shape index (κ2) is 7.66. The molecule has 0 unspecified atom stereocenters. The Balaban J connectivity index is 2.94. The topological polar surface area (TPSA) is 81.4 Å². The number of hydrogen-bond donors (Lipinski definition) is 1. The predicted octanol–water partition coefficient (Wildman–Crippen LogP) is 0.706. The molecule has 0 fully saturated rings. The van der Waals surface area contributed by atoms with E-state index in [4.69, 9.17) is 10.4 Å². The highest BCUT2D eigenvalue weighted by molar-refractivity contribution is 7.89. The standard InChI is InChI=1S/C14H16N2O3S/c1-16(20(18,19)11-9-15)12-14-8-3-2-6-13(14)7-4-5-10-17/h2-3,6,8,17H,5,10-12H2,1H3. The first-order valence-corrected chi connectivity index (χ1v) is 7.61. The second-order valence-corrected chi connectivity index (χ2v) is 6.18. The molecule has 0 aliphatic heterocycles. The minimum Gasteiger partial charge on any atom is -0.395 e. The predicted molar refractivity (Wildman–Crippen MR) is 75.9 cm³/mol. The van der Waals surface area contributed by atoms with Crippen LogP contribution in [0.25, 0.3) is 0 Å². The molecule has 1 aromatic carbocycles. The van der Waals surface area contributed by atoms with Gasteiger partial charge in [0.25, 0.3) is 0 Å². The molecule has 0 saturated heterocycles.